The van der Waals surface area contributed by atoms with Gasteiger partial charge in [-0.3, -0.25) is 4.98 Å². The molecule has 0 radical (unpaired) electrons. The summed E-state index contributed by atoms with van der Waals surface area (Å²) >= 11 is 16.3. The molecule has 1 heterocycles. The molecule has 1 aromatic heterocycles. The number of aromatic nitrogens is 2. The van der Waals surface area contributed by atoms with Crippen LogP contribution in [0.2, 0.25) is 0 Å². The van der Waals surface area contributed by atoms with Gasteiger partial charge in [0, 0.05) is 5.56 Å². The molecule has 6 rings (SSSR count). The minimum absolute atomic E-state index is 0.197. The Morgan fingerprint density at radius 1 is 0.477 bits per heavy atom. The zero-order valence-electron chi connectivity index (χ0n) is 30.3. The van der Waals surface area contributed by atoms with E-state index >= 15 is 35.1 Å². The van der Waals surface area contributed by atoms with Crippen LogP contribution in [0.4, 0.5) is 87.8 Å². The quantitative estimate of drug-likeness (QED) is 0.0306. The largest absolute Gasteiger partial charge is 0.408 e. The van der Waals surface area contributed by atoms with Gasteiger partial charge in [-0.1, -0.05) is 30.3 Å². The predicted octanol–water partition coefficient (Wildman–Crippen LogP) is 8.75. The number of halogens is 23. The molecule has 0 amide bonds. The summed E-state index contributed by atoms with van der Waals surface area (Å²) in [6, 6.07) is 9.63. The highest BCUT2D eigenvalue weighted by Crippen LogP contribution is 2.31. The van der Waals surface area contributed by atoms with E-state index in [2.05, 4.69) is 4.98 Å². The van der Waals surface area contributed by atoms with E-state index in [1.54, 1.807) is 17.0 Å². The second-order valence-corrected chi connectivity index (χ2v) is 14.9. The number of benzene rings is 5. The van der Waals surface area contributed by atoms with Crippen molar-refractivity contribution in [3.63, 3.8) is 0 Å². The summed E-state index contributed by atoms with van der Waals surface area (Å²) in [4.78, 5) is 15.8. The van der Waals surface area contributed by atoms with Gasteiger partial charge in [-0.25, -0.2) is 92.6 Å². The molecule has 65 heavy (non-hydrogen) atoms. The molecule has 0 bridgehead atoms. The first kappa shape index (κ1) is 50.2. The molecule has 6 aromatic rings. The van der Waals surface area contributed by atoms with Crippen molar-refractivity contribution in [1.82, 2.24) is 4.98 Å². The minimum Gasteiger partial charge on any atom is -0.406 e. The highest BCUT2D eigenvalue weighted by atomic mass is 35.6. The van der Waals surface area contributed by atoms with E-state index in [0.717, 1.165) is 5.56 Å². The Hall–Kier alpha value is -5.82. The molecule has 0 saturated carbocycles. The number of esters is 1. The predicted molar refractivity (Wildman–Crippen MR) is 185 cm³/mol. The molecule has 28 heteroatoms. The maximum Gasteiger partial charge on any atom is 0.408 e. The van der Waals surface area contributed by atoms with Gasteiger partial charge < -0.3 is 4.74 Å². The first-order valence-corrected chi connectivity index (χ1v) is 17.7. The summed E-state index contributed by atoms with van der Waals surface area (Å²) in [5.74, 6) is -72.2. The van der Waals surface area contributed by atoms with E-state index in [9.17, 15) is 57.5 Å². The van der Waals surface area contributed by atoms with Crippen LogP contribution in [0.3, 0.4) is 0 Å². The molecule has 0 N–H and O–H groups in total. The Morgan fingerprint density at radius 3 is 1.03 bits per heavy atom. The van der Waals surface area contributed by atoms with Crippen molar-refractivity contribution in [1.29, 1.82) is 0 Å². The summed E-state index contributed by atoms with van der Waals surface area (Å²) in [6.45, 7) is 0.480. The normalized spacial score (nSPS) is 11.7. The van der Waals surface area contributed by atoms with Crippen LogP contribution in [-0.2, 0) is 11.3 Å². The van der Waals surface area contributed by atoms with Gasteiger partial charge in [-0.15, -0.1) is 21.9 Å². The molecule has 5 aromatic carbocycles. The van der Waals surface area contributed by atoms with Gasteiger partial charge in [-0.05, 0) is 34.8 Å². The summed E-state index contributed by atoms with van der Waals surface area (Å²) < 4.78 is 298. The lowest BCUT2D eigenvalue weighted by atomic mass is 9.12. The van der Waals surface area contributed by atoms with Crippen molar-refractivity contribution in [2.45, 2.75) is 10.5 Å². The van der Waals surface area contributed by atoms with Gasteiger partial charge in [0.1, 0.15) is 58.9 Å². The van der Waals surface area contributed by atoms with Crippen LogP contribution in [0.1, 0.15) is 16.1 Å². The van der Waals surface area contributed by atoms with Crippen LogP contribution in [0.5, 0.6) is 0 Å². The SMILES string of the molecule is Fc1c(F)c(F)c([B-](c2c(F)c(F)c(F)c(F)c2F)(c2c(F)c(F)c(F)c(F)c2F)c2c(F)c(F)c(F)c(F)c2F)c(F)c1F.O=C(OC(Cl)(Cl)Cl)c1cncc[n+]1Cc1ccccc1. The third-order valence-corrected chi connectivity index (χ3v) is 9.39. The monoisotopic (exact) mass is 1010 g/mol. The highest BCUT2D eigenvalue weighted by molar-refractivity contribution is 7.20. The lowest BCUT2D eigenvalue weighted by molar-refractivity contribution is -0.691. The lowest BCUT2D eigenvalue weighted by Gasteiger charge is -2.44. The highest BCUT2D eigenvalue weighted by Gasteiger charge is 2.52. The van der Waals surface area contributed by atoms with Gasteiger partial charge >= 0.3 is 15.6 Å². The Morgan fingerprint density at radius 2 is 0.754 bits per heavy atom. The second-order valence-electron chi connectivity index (χ2n) is 12.7. The molecule has 344 valence electrons. The number of nitrogens with zero attached hydrogens (tertiary/aromatic N) is 2. The third kappa shape index (κ3) is 8.59. The number of ether oxygens (including phenoxy) is 1. The van der Waals surface area contributed by atoms with Crippen molar-refractivity contribution in [3.05, 3.63) is 177 Å². The van der Waals surface area contributed by atoms with Crippen molar-refractivity contribution in [2.75, 3.05) is 0 Å². The van der Waals surface area contributed by atoms with Crippen molar-refractivity contribution in [3.8, 4) is 0 Å². The first-order valence-electron chi connectivity index (χ1n) is 16.6. The van der Waals surface area contributed by atoms with Crippen LogP contribution >= 0.6 is 34.8 Å². The fraction of sp³-hybridized carbons (Fsp3) is 0.0541. The van der Waals surface area contributed by atoms with Gasteiger partial charge in [-0.2, -0.15) is 4.57 Å². The maximum atomic E-state index is 15.4. The van der Waals surface area contributed by atoms with E-state index < -0.39 is 154 Å². The molecule has 0 aliphatic rings. The first-order chi connectivity index (χ1) is 30.2. The number of hydrogen-bond acceptors (Lipinski definition) is 3. The fourth-order valence-electron chi connectivity index (χ4n) is 6.51. The molecular formula is C37H10BCl3F20N2O2. The second kappa shape index (κ2) is 18.6. The van der Waals surface area contributed by atoms with E-state index in [1.807, 2.05) is 30.3 Å². The van der Waals surface area contributed by atoms with Crippen molar-refractivity contribution < 1.29 is 102 Å². The Labute approximate surface area is 362 Å². The van der Waals surface area contributed by atoms with Gasteiger partial charge in [0.25, 0.3) is 0 Å². The number of hydrogen-bond donors (Lipinski definition) is 0. The zero-order chi connectivity index (χ0) is 48.9. The van der Waals surface area contributed by atoms with Gasteiger partial charge in [0.05, 0.1) is 6.20 Å². The van der Waals surface area contributed by atoms with E-state index in [0.29, 0.717) is 6.54 Å². The zero-order valence-corrected chi connectivity index (χ0v) is 32.6. The van der Waals surface area contributed by atoms with E-state index in [-0.39, 0.29) is 5.69 Å². The Kier molecular flexibility index (Phi) is 14.3. The average molecular weight is 1010 g/mol. The summed E-state index contributed by atoms with van der Waals surface area (Å²) in [5, 5.41) is 0. The van der Waals surface area contributed by atoms with Crippen LogP contribution in [0.15, 0.2) is 48.9 Å². The van der Waals surface area contributed by atoms with Crippen molar-refractivity contribution >= 4 is 68.8 Å². The van der Waals surface area contributed by atoms with Crippen molar-refractivity contribution in [2.24, 2.45) is 0 Å². The lowest BCUT2D eigenvalue weighted by Crippen LogP contribution is -2.81. The minimum atomic E-state index is -7.22. The fourth-order valence-corrected chi connectivity index (χ4v) is 6.72. The number of carbonyl (C=O) groups is 1. The molecule has 0 unspecified atom stereocenters. The van der Waals surface area contributed by atoms with Crippen LogP contribution in [0.25, 0.3) is 0 Å². The molecule has 0 aliphatic carbocycles. The molecule has 0 saturated heterocycles. The smallest absolute Gasteiger partial charge is 0.406 e. The standard InChI is InChI=1S/C24BF20.C13H10Cl3N2O2/c26-5-1(6(27)14(35)21(42)13(5)34)25(2-7(28)15(36)22(43)16(37)8(2)29,3-9(30)17(38)23(44)18(39)10(3)31)4-11(32)19(40)24(45)20(41)12(4)33;14-13(15,16)20-12(19)11-8-17-6-7-18(11)9-10-4-2-1-3-5-10/h;1-8H,9H2/q-1;+1. The van der Waals surface area contributed by atoms with Crippen LogP contribution < -0.4 is 26.4 Å². The Bertz CT molecular complexity index is 2530. The topological polar surface area (TPSA) is 43.1 Å². The molecule has 4 nitrogen and oxygen atoms in total. The third-order valence-electron chi connectivity index (χ3n) is 9.16. The molecule has 0 atom stereocenters. The van der Waals surface area contributed by atoms with Gasteiger partial charge in [0.15, 0.2) is 82.5 Å². The van der Waals surface area contributed by atoms with Crippen LogP contribution in [0, 0.1) is 116 Å². The summed E-state index contributed by atoms with van der Waals surface area (Å²) in [7, 11) is 0. The summed E-state index contributed by atoms with van der Waals surface area (Å²) in [6.07, 6.45) is -2.63. The number of rotatable bonds is 7. The average Bonchev–Trinajstić information content (AvgIpc) is 3.26. The molecular weight excluding hydrogens is 1000 g/mol. The number of carbonyl (C=O) groups excluding carboxylic acids is 1. The van der Waals surface area contributed by atoms with E-state index in [1.165, 1.54) is 6.20 Å². The van der Waals surface area contributed by atoms with Gasteiger partial charge in [0.2, 0.25) is 0 Å². The summed E-state index contributed by atoms with van der Waals surface area (Å²) in [5.41, 5.74) is -13.1. The molecule has 0 aliphatic heterocycles. The Balaban J connectivity index is 0.000000330. The van der Waals surface area contributed by atoms with Crippen LogP contribution in [-0.4, -0.2) is 21.1 Å². The molecule has 0 fully saturated rings. The maximum absolute atomic E-state index is 15.4. The molecule has 0 spiro atoms. The number of alkyl halides is 3. The van der Waals surface area contributed by atoms with E-state index in [4.69, 9.17) is 39.5 Å².